The van der Waals surface area contributed by atoms with Crippen molar-refractivity contribution in [3.63, 3.8) is 0 Å². The van der Waals surface area contributed by atoms with Crippen molar-refractivity contribution in [2.24, 2.45) is 0 Å². The second kappa shape index (κ2) is 2.05. The monoisotopic (exact) mass is 115 g/mol. The van der Waals surface area contributed by atoms with E-state index in [1.165, 1.54) is 0 Å². The van der Waals surface area contributed by atoms with Gasteiger partial charge in [-0.1, -0.05) is 0 Å². The molecule has 46 valence electrons. The van der Waals surface area contributed by atoms with E-state index >= 15 is 0 Å². The van der Waals surface area contributed by atoms with Gasteiger partial charge in [0.15, 0.2) is 0 Å². The number of hydroxylamine groups is 2. The normalized spacial score (nSPS) is 35.9. The van der Waals surface area contributed by atoms with Crippen LogP contribution in [0.1, 0.15) is 0 Å². The summed E-state index contributed by atoms with van der Waals surface area (Å²) in [5.74, 6) is 0. The zero-order valence-electron chi connectivity index (χ0n) is 5.42. The van der Waals surface area contributed by atoms with E-state index in [1.54, 1.807) is 12.2 Å². The minimum absolute atomic E-state index is 0.194. The van der Waals surface area contributed by atoms with Crippen molar-refractivity contribution < 1.29 is 9.57 Å². The molecule has 1 aliphatic rings. The van der Waals surface area contributed by atoms with E-state index in [9.17, 15) is 0 Å². The summed E-state index contributed by atoms with van der Waals surface area (Å²) in [6, 6.07) is 0.347. The summed E-state index contributed by atoms with van der Waals surface area (Å²) >= 11 is 0. The van der Waals surface area contributed by atoms with Gasteiger partial charge in [0, 0.05) is 7.05 Å². The van der Waals surface area contributed by atoms with Gasteiger partial charge in [0.25, 0.3) is 0 Å². The lowest BCUT2D eigenvalue weighted by Gasteiger charge is -2.08. The Balaban J connectivity index is 2.18. The molecule has 2 atom stereocenters. The Morgan fingerprint density at radius 2 is 2.25 bits per heavy atom. The number of rotatable bonds is 2. The molecule has 1 fully saturated rings. The highest BCUT2D eigenvalue weighted by atomic mass is 16.7. The molecule has 1 saturated heterocycles. The lowest BCUT2D eigenvalue weighted by Crippen LogP contribution is -2.21. The van der Waals surface area contributed by atoms with Crippen LogP contribution in [0.25, 0.3) is 0 Å². The number of nitrogens with zero attached hydrogens (tertiary/aromatic N) is 1. The molecule has 0 N–H and O–H groups in total. The fraction of sp³-hybridized carbons (Fsp3) is 1.00. The van der Waals surface area contributed by atoms with E-state index in [0.717, 1.165) is 0 Å². The number of hydrogen-bond donors (Lipinski definition) is 0. The van der Waals surface area contributed by atoms with Crippen molar-refractivity contribution in [1.29, 1.82) is 0 Å². The first-order chi connectivity index (χ1) is 3.75. The molecule has 0 saturated carbocycles. The minimum atomic E-state index is 0.194. The molecule has 2 unspecified atom stereocenters. The van der Waals surface area contributed by atoms with Crippen LogP contribution in [-0.2, 0) is 9.57 Å². The first kappa shape index (κ1) is 6.07. The van der Waals surface area contributed by atoms with Crippen LogP contribution in [0.3, 0.4) is 0 Å². The average Bonchev–Trinajstić information content (AvgIpc) is 2.45. The maximum atomic E-state index is 5.07. The number of epoxide rings is 1. The van der Waals surface area contributed by atoms with Crippen molar-refractivity contribution in [2.75, 3.05) is 14.2 Å². The minimum Gasteiger partial charge on any atom is -0.361 e. The predicted octanol–water partition coefficient (Wildman–Crippen LogP) is -1.20. The molecule has 4 heteroatoms. The Morgan fingerprint density at radius 1 is 1.75 bits per heavy atom. The van der Waals surface area contributed by atoms with E-state index in [-0.39, 0.29) is 6.23 Å². The van der Waals surface area contributed by atoms with Crippen molar-refractivity contribution in [3.8, 4) is 0 Å². The number of ether oxygens (including phenoxy) is 1. The van der Waals surface area contributed by atoms with E-state index in [1.807, 2.05) is 14.9 Å². The summed E-state index contributed by atoms with van der Waals surface area (Å²) in [5, 5.41) is 1.70. The van der Waals surface area contributed by atoms with Crippen LogP contribution >= 0.6 is 0 Å². The summed E-state index contributed by atoms with van der Waals surface area (Å²) in [6.45, 7) is 0. The fourth-order valence-electron chi connectivity index (χ4n) is 0.660. The van der Waals surface area contributed by atoms with Crippen LogP contribution in [0, 0.1) is 0 Å². The van der Waals surface area contributed by atoms with E-state index in [4.69, 9.17) is 9.57 Å². The average molecular weight is 115 g/mol. The molecule has 3 nitrogen and oxygen atoms in total. The predicted molar refractivity (Wildman–Crippen MR) is 32.0 cm³/mol. The van der Waals surface area contributed by atoms with Crippen LogP contribution in [0.5, 0.6) is 0 Å². The van der Waals surface area contributed by atoms with Crippen LogP contribution < -0.4 is 0 Å². The third kappa shape index (κ3) is 1.02. The molecule has 8 heavy (non-hydrogen) atoms. The van der Waals surface area contributed by atoms with Crippen molar-refractivity contribution in [1.82, 2.24) is 5.06 Å². The molecule has 0 radical (unpaired) electrons. The van der Waals surface area contributed by atoms with E-state index in [0.29, 0.717) is 6.00 Å². The Bertz CT molecular complexity index is 88.1. The number of likely N-dealkylation sites (N-methyl/N-ethyl adjacent to an activating group) is 1. The highest BCUT2D eigenvalue weighted by Gasteiger charge is 2.37. The summed E-state index contributed by atoms with van der Waals surface area (Å²) in [4.78, 5) is 4.85. The zero-order chi connectivity index (χ0) is 6.15. The first-order valence-corrected chi connectivity index (χ1v) is 2.68. The van der Waals surface area contributed by atoms with Crippen LogP contribution in [0.15, 0.2) is 0 Å². The first-order valence-electron chi connectivity index (χ1n) is 2.68. The maximum absolute atomic E-state index is 5.07. The Labute approximate surface area is 49.9 Å². The Kier molecular flexibility index (Phi) is 1.55. The summed E-state index contributed by atoms with van der Waals surface area (Å²) in [5.41, 5.74) is 0. The lowest BCUT2D eigenvalue weighted by molar-refractivity contribution is -0.137. The van der Waals surface area contributed by atoms with Gasteiger partial charge >= 0.3 is 0 Å². The molecule has 0 bridgehead atoms. The van der Waals surface area contributed by atoms with Gasteiger partial charge in [-0.05, 0) is 0 Å². The highest BCUT2D eigenvalue weighted by Crippen LogP contribution is 2.20. The smallest absolute Gasteiger partial charge is 0.150 e. The van der Waals surface area contributed by atoms with Gasteiger partial charge in [0.05, 0.1) is 13.1 Å². The van der Waals surface area contributed by atoms with Gasteiger partial charge in [-0.25, -0.2) is 0 Å². The molecule has 1 aliphatic heterocycles. The standard InChI is InChI=1S/C4H10BNO2/c1-6(7-2)4-3(5)8-4/h3-4H,5H2,1-2H3. The maximum Gasteiger partial charge on any atom is 0.150 e. The third-order valence-corrected chi connectivity index (χ3v) is 1.33. The van der Waals surface area contributed by atoms with Gasteiger partial charge in [0.1, 0.15) is 14.1 Å². The summed E-state index contributed by atoms with van der Waals surface area (Å²) in [7, 11) is 5.50. The second-order valence-corrected chi connectivity index (χ2v) is 1.96. The summed E-state index contributed by atoms with van der Waals surface area (Å²) in [6.07, 6.45) is 0.194. The third-order valence-electron chi connectivity index (χ3n) is 1.33. The van der Waals surface area contributed by atoms with Gasteiger partial charge in [-0.2, -0.15) is 5.06 Å². The zero-order valence-corrected chi connectivity index (χ0v) is 5.42. The lowest BCUT2D eigenvalue weighted by atomic mass is 10.1. The van der Waals surface area contributed by atoms with Gasteiger partial charge < -0.3 is 4.74 Å². The van der Waals surface area contributed by atoms with E-state index in [2.05, 4.69) is 0 Å². The van der Waals surface area contributed by atoms with E-state index < -0.39 is 0 Å². The van der Waals surface area contributed by atoms with Gasteiger partial charge in [0.2, 0.25) is 0 Å². The topological polar surface area (TPSA) is 25.0 Å². The molecule has 0 aromatic carbocycles. The molecule has 0 aromatic heterocycles. The van der Waals surface area contributed by atoms with Crippen LogP contribution in [-0.4, -0.2) is 39.3 Å². The molecule has 1 heterocycles. The Hall–Kier alpha value is -0.0551. The largest absolute Gasteiger partial charge is 0.361 e. The highest BCUT2D eigenvalue weighted by molar-refractivity contribution is 6.12. The molecular weight excluding hydrogens is 105 g/mol. The molecule has 0 amide bonds. The molecule has 1 rings (SSSR count). The quantitative estimate of drug-likeness (QED) is 0.256. The van der Waals surface area contributed by atoms with Gasteiger partial charge in [-0.3, -0.25) is 4.84 Å². The van der Waals surface area contributed by atoms with Crippen molar-refractivity contribution >= 4 is 7.85 Å². The fourth-order valence-corrected chi connectivity index (χ4v) is 0.660. The Morgan fingerprint density at radius 3 is 2.38 bits per heavy atom. The van der Waals surface area contributed by atoms with Crippen LogP contribution in [0.2, 0.25) is 0 Å². The van der Waals surface area contributed by atoms with Crippen molar-refractivity contribution in [3.05, 3.63) is 0 Å². The van der Waals surface area contributed by atoms with Crippen molar-refractivity contribution in [2.45, 2.75) is 12.2 Å². The summed E-state index contributed by atoms with van der Waals surface area (Å²) < 4.78 is 5.07. The molecular formula is C4H10BNO2. The number of hydrogen-bond acceptors (Lipinski definition) is 3. The molecule has 0 aromatic rings. The molecule has 0 aliphatic carbocycles. The molecule has 0 spiro atoms. The van der Waals surface area contributed by atoms with Gasteiger partial charge in [-0.15, -0.1) is 0 Å². The van der Waals surface area contributed by atoms with Crippen LogP contribution in [0.4, 0.5) is 0 Å². The second-order valence-electron chi connectivity index (χ2n) is 1.96. The SMILES string of the molecule is BC1OC1N(C)OC.